The van der Waals surface area contributed by atoms with Gasteiger partial charge in [0, 0.05) is 17.5 Å². The second-order valence-electron chi connectivity index (χ2n) is 3.12. The number of nitro groups is 1. The Morgan fingerprint density at radius 3 is 2.93 bits per heavy atom. The van der Waals surface area contributed by atoms with Gasteiger partial charge in [0.15, 0.2) is 0 Å². The summed E-state index contributed by atoms with van der Waals surface area (Å²) in [5.41, 5.74) is 1.06. The monoisotopic (exact) mass is 234 g/mol. The Balaban J connectivity index is 0.000000980. The number of rotatable bonds is 2. The third-order valence-electron chi connectivity index (χ3n) is 2.25. The number of halogens is 1. The highest BCUT2D eigenvalue weighted by atomic mass is 35.5. The van der Waals surface area contributed by atoms with Crippen LogP contribution in [0.4, 0.5) is 5.00 Å². The Morgan fingerprint density at radius 1 is 1.64 bits per heavy atom. The van der Waals surface area contributed by atoms with Crippen LogP contribution in [0.1, 0.15) is 24.4 Å². The fraction of sp³-hybridized carbons (Fsp3) is 0.500. The van der Waals surface area contributed by atoms with Gasteiger partial charge in [-0.3, -0.25) is 10.1 Å². The van der Waals surface area contributed by atoms with Crippen molar-refractivity contribution in [2.75, 3.05) is 6.54 Å². The third-order valence-corrected chi connectivity index (χ3v) is 3.15. The SMILES string of the molecule is Cl.O=[N+]([O-])c1cc([C@@H]2CCCN2)cs1. The minimum Gasteiger partial charge on any atom is -0.310 e. The first-order valence-electron chi connectivity index (χ1n) is 4.23. The largest absolute Gasteiger partial charge is 0.324 e. The van der Waals surface area contributed by atoms with Crippen LogP contribution < -0.4 is 5.32 Å². The van der Waals surface area contributed by atoms with Crippen LogP contribution in [0.3, 0.4) is 0 Å². The summed E-state index contributed by atoms with van der Waals surface area (Å²) in [5.74, 6) is 0. The Morgan fingerprint density at radius 2 is 2.43 bits per heavy atom. The van der Waals surface area contributed by atoms with Crippen molar-refractivity contribution >= 4 is 28.7 Å². The van der Waals surface area contributed by atoms with Gasteiger partial charge >= 0.3 is 5.00 Å². The van der Waals surface area contributed by atoms with Crippen molar-refractivity contribution in [2.24, 2.45) is 0 Å². The van der Waals surface area contributed by atoms with Crippen LogP contribution in [0.15, 0.2) is 11.4 Å². The van der Waals surface area contributed by atoms with Crippen LogP contribution in [0.25, 0.3) is 0 Å². The number of nitrogens with one attached hydrogen (secondary N) is 1. The molecule has 1 aliphatic rings. The summed E-state index contributed by atoms with van der Waals surface area (Å²) in [6.45, 7) is 1.02. The molecule has 0 spiro atoms. The molecule has 2 heterocycles. The van der Waals surface area contributed by atoms with Gasteiger partial charge in [-0.15, -0.1) is 12.4 Å². The molecule has 0 unspecified atom stereocenters. The van der Waals surface area contributed by atoms with Crippen LogP contribution in [0, 0.1) is 10.1 Å². The maximum atomic E-state index is 10.4. The molecule has 0 saturated carbocycles. The van der Waals surface area contributed by atoms with E-state index in [1.807, 2.05) is 5.38 Å². The van der Waals surface area contributed by atoms with Crippen molar-refractivity contribution in [2.45, 2.75) is 18.9 Å². The number of thiophene rings is 1. The number of hydrogen-bond acceptors (Lipinski definition) is 4. The predicted octanol–water partition coefficient (Wildman–Crippen LogP) is 2.50. The van der Waals surface area contributed by atoms with E-state index < -0.39 is 0 Å². The molecule has 2 rings (SSSR count). The molecule has 1 saturated heterocycles. The van der Waals surface area contributed by atoms with Gasteiger partial charge in [-0.05, 0) is 24.9 Å². The molecule has 1 aliphatic heterocycles. The molecule has 1 aromatic heterocycles. The first-order valence-corrected chi connectivity index (χ1v) is 5.11. The Kier molecular flexibility index (Phi) is 3.86. The van der Waals surface area contributed by atoms with Crippen molar-refractivity contribution in [3.63, 3.8) is 0 Å². The Bertz CT molecular complexity index is 323. The third kappa shape index (κ3) is 2.23. The molecule has 1 fully saturated rings. The molecular weight excluding hydrogens is 224 g/mol. The van der Waals surface area contributed by atoms with E-state index in [9.17, 15) is 10.1 Å². The Labute approximate surface area is 91.9 Å². The molecule has 0 aromatic carbocycles. The zero-order chi connectivity index (χ0) is 9.26. The summed E-state index contributed by atoms with van der Waals surface area (Å²) in [6, 6.07) is 2.01. The quantitative estimate of drug-likeness (QED) is 0.632. The lowest BCUT2D eigenvalue weighted by Crippen LogP contribution is -2.11. The van der Waals surface area contributed by atoms with Gasteiger partial charge in [-0.25, -0.2) is 0 Å². The summed E-state index contributed by atoms with van der Waals surface area (Å²) < 4.78 is 0. The van der Waals surface area contributed by atoms with E-state index in [0.717, 1.165) is 24.9 Å². The van der Waals surface area contributed by atoms with Gasteiger partial charge in [0.05, 0.1) is 4.92 Å². The first kappa shape index (κ1) is 11.4. The first-order chi connectivity index (χ1) is 6.27. The van der Waals surface area contributed by atoms with Gasteiger partial charge in [0.2, 0.25) is 0 Å². The van der Waals surface area contributed by atoms with Crippen LogP contribution in [0.5, 0.6) is 0 Å². The van der Waals surface area contributed by atoms with E-state index in [-0.39, 0.29) is 22.3 Å². The van der Waals surface area contributed by atoms with Gasteiger partial charge in [-0.2, -0.15) is 0 Å². The molecule has 78 valence electrons. The fourth-order valence-electron chi connectivity index (χ4n) is 1.59. The second kappa shape index (κ2) is 4.72. The topological polar surface area (TPSA) is 55.2 Å². The van der Waals surface area contributed by atoms with Gasteiger partial charge in [0.25, 0.3) is 0 Å². The molecule has 6 heteroatoms. The summed E-state index contributed by atoms with van der Waals surface area (Å²) in [5, 5.41) is 15.8. The minimum absolute atomic E-state index is 0. The lowest BCUT2D eigenvalue weighted by molar-refractivity contribution is -0.380. The van der Waals surface area contributed by atoms with E-state index in [0.29, 0.717) is 6.04 Å². The lowest BCUT2D eigenvalue weighted by atomic mass is 10.1. The lowest BCUT2D eigenvalue weighted by Gasteiger charge is -2.05. The molecule has 4 nitrogen and oxygen atoms in total. The molecular formula is C8H11ClN2O2S. The van der Waals surface area contributed by atoms with Crippen molar-refractivity contribution < 1.29 is 4.92 Å². The molecule has 0 amide bonds. The van der Waals surface area contributed by atoms with E-state index in [1.54, 1.807) is 6.07 Å². The molecule has 1 N–H and O–H groups in total. The zero-order valence-corrected chi connectivity index (χ0v) is 9.07. The molecule has 1 atom stereocenters. The summed E-state index contributed by atoms with van der Waals surface area (Å²) >= 11 is 1.21. The van der Waals surface area contributed by atoms with Crippen LogP contribution in [-0.4, -0.2) is 11.5 Å². The number of nitrogens with zero attached hydrogens (tertiary/aromatic N) is 1. The maximum Gasteiger partial charge on any atom is 0.324 e. The predicted molar refractivity (Wildman–Crippen MR) is 58.2 cm³/mol. The van der Waals surface area contributed by atoms with E-state index in [1.165, 1.54) is 11.3 Å². The van der Waals surface area contributed by atoms with E-state index >= 15 is 0 Å². The molecule has 0 radical (unpaired) electrons. The van der Waals surface area contributed by atoms with Gasteiger partial charge in [0.1, 0.15) is 0 Å². The average Bonchev–Trinajstić information content (AvgIpc) is 2.75. The van der Waals surface area contributed by atoms with Crippen LogP contribution in [0.2, 0.25) is 0 Å². The zero-order valence-electron chi connectivity index (χ0n) is 7.43. The molecule has 0 aliphatic carbocycles. The van der Waals surface area contributed by atoms with Crippen molar-refractivity contribution in [3.05, 3.63) is 27.1 Å². The summed E-state index contributed by atoms with van der Waals surface area (Å²) in [6.07, 6.45) is 2.25. The second-order valence-corrected chi connectivity index (χ2v) is 4.01. The fourth-order valence-corrected chi connectivity index (χ4v) is 2.37. The van der Waals surface area contributed by atoms with E-state index in [4.69, 9.17) is 0 Å². The van der Waals surface area contributed by atoms with Gasteiger partial charge in [-0.1, -0.05) is 11.3 Å². The minimum atomic E-state index is -0.330. The van der Waals surface area contributed by atoms with Crippen LogP contribution in [-0.2, 0) is 0 Å². The van der Waals surface area contributed by atoms with Crippen molar-refractivity contribution in [1.82, 2.24) is 5.32 Å². The van der Waals surface area contributed by atoms with Crippen molar-refractivity contribution in [1.29, 1.82) is 0 Å². The molecule has 14 heavy (non-hydrogen) atoms. The van der Waals surface area contributed by atoms with Gasteiger partial charge < -0.3 is 5.32 Å². The molecule has 0 bridgehead atoms. The maximum absolute atomic E-state index is 10.4. The standard InChI is InChI=1S/C8H10N2O2S.ClH/c11-10(12)8-4-6(5-13-8)7-2-1-3-9-7;/h4-5,7,9H,1-3H2;1H/t7-;/m0./s1. The average molecular weight is 235 g/mol. The number of hydrogen-bond donors (Lipinski definition) is 1. The van der Waals surface area contributed by atoms with Crippen molar-refractivity contribution in [3.8, 4) is 0 Å². The van der Waals surface area contributed by atoms with Crippen LogP contribution >= 0.6 is 23.7 Å². The van der Waals surface area contributed by atoms with E-state index in [2.05, 4.69) is 5.32 Å². The normalized spacial score (nSPS) is 20.4. The highest BCUT2D eigenvalue weighted by Gasteiger charge is 2.20. The summed E-state index contributed by atoms with van der Waals surface area (Å²) in [7, 11) is 0. The molecule has 1 aromatic rings. The summed E-state index contributed by atoms with van der Waals surface area (Å²) in [4.78, 5) is 10.1. The highest BCUT2D eigenvalue weighted by Crippen LogP contribution is 2.30. The Hall–Kier alpha value is -0.650. The highest BCUT2D eigenvalue weighted by molar-refractivity contribution is 7.13. The smallest absolute Gasteiger partial charge is 0.310 e.